The number of esters is 1. The first-order valence-electron chi connectivity index (χ1n) is 10.9. The van der Waals surface area contributed by atoms with Crippen LogP contribution in [0.25, 0.3) is 0 Å². The Bertz CT molecular complexity index is 784. The van der Waals surface area contributed by atoms with Crippen molar-refractivity contribution in [3.63, 3.8) is 0 Å². The lowest BCUT2D eigenvalue weighted by Gasteiger charge is -2.71. The lowest BCUT2D eigenvalue weighted by atomic mass is 9.40. The molecule has 3 N–H and O–H groups in total. The van der Waals surface area contributed by atoms with E-state index in [0.29, 0.717) is 12.8 Å². The highest BCUT2D eigenvalue weighted by atomic mass is 35.5. The summed E-state index contributed by atoms with van der Waals surface area (Å²) in [6.45, 7) is 12.4. The third-order valence-electron chi connectivity index (χ3n) is 8.30. The molecule has 1 saturated heterocycles. The monoisotopic (exact) mass is 458 g/mol. The largest absolute Gasteiger partial charge is 0.459 e. The van der Waals surface area contributed by atoms with Crippen molar-refractivity contribution < 1.29 is 34.4 Å². The van der Waals surface area contributed by atoms with E-state index in [1.54, 1.807) is 13.8 Å². The number of alkyl halides is 1. The van der Waals surface area contributed by atoms with Gasteiger partial charge in [0.1, 0.15) is 17.8 Å². The van der Waals surface area contributed by atoms with Gasteiger partial charge in [-0.2, -0.15) is 0 Å². The lowest BCUT2D eigenvalue weighted by Crippen LogP contribution is -2.86. The van der Waals surface area contributed by atoms with E-state index < -0.39 is 63.6 Å². The second kappa shape index (κ2) is 7.52. The van der Waals surface area contributed by atoms with Crippen LogP contribution in [0.5, 0.6) is 0 Å². The smallest absolute Gasteiger partial charge is 0.307 e. The Kier molecular flexibility index (Phi) is 5.98. The molecule has 0 aromatic carbocycles. The van der Waals surface area contributed by atoms with Gasteiger partial charge in [0.15, 0.2) is 11.4 Å². The van der Waals surface area contributed by atoms with Crippen molar-refractivity contribution in [1.29, 1.82) is 0 Å². The van der Waals surface area contributed by atoms with Crippen molar-refractivity contribution in [2.45, 2.75) is 95.4 Å². The average molecular weight is 459 g/mol. The van der Waals surface area contributed by atoms with E-state index in [9.17, 15) is 24.9 Å². The van der Waals surface area contributed by atoms with Crippen LogP contribution in [0, 0.1) is 16.7 Å². The van der Waals surface area contributed by atoms with Gasteiger partial charge in [0.05, 0.1) is 18.1 Å². The van der Waals surface area contributed by atoms with E-state index in [-0.39, 0.29) is 18.7 Å². The van der Waals surface area contributed by atoms with Crippen LogP contribution in [0.4, 0.5) is 0 Å². The SMILES string of the molecule is C=C[C@@]1(C)CC(=O)[C@@]2(O)[C@](C)(O1)[C@@H](O)[C@@H](OC(=O)CCCl)C1C(C)(C)CC[C@H](O)[C@@]12C. The number of halogens is 1. The summed E-state index contributed by atoms with van der Waals surface area (Å²) < 4.78 is 12.0. The Morgan fingerprint density at radius 3 is 2.45 bits per heavy atom. The first-order chi connectivity index (χ1) is 14.1. The van der Waals surface area contributed by atoms with Gasteiger partial charge in [-0.15, -0.1) is 18.2 Å². The van der Waals surface area contributed by atoms with Crippen molar-refractivity contribution in [2.24, 2.45) is 16.7 Å². The molecule has 0 bridgehead atoms. The molecular formula is C23H35ClO7. The molecule has 31 heavy (non-hydrogen) atoms. The van der Waals surface area contributed by atoms with Crippen LogP contribution in [0.15, 0.2) is 12.7 Å². The second-order valence-electron chi connectivity index (χ2n) is 10.7. The van der Waals surface area contributed by atoms with Crippen LogP contribution in [0.1, 0.15) is 60.3 Å². The van der Waals surface area contributed by atoms with Gasteiger partial charge in [0.2, 0.25) is 0 Å². The first-order valence-corrected chi connectivity index (χ1v) is 11.4. The Morgan fingerprint density at radius 1 is 1.29 bits per heavy atom. The van der Waals surface area contributed by atoms with E-state index in [1.165, 1.54) is 13.0 Å². The number of aliphatic hydroxyl groups excluding tert-OH is 2. The summed E-state index contributed by atoms with van der Waals surface area (Å²) in [4.78, 5) is 26.1. The predicted molar refractivity (Wildman–Crippen MR) is 115 cm³/mol. The first kappa shape index (κ1) is 24.6. The number of rotatable bonds is 4. The standard InChI is InChI=1S/C23H35ClO7/c1-7-20(4)12-14(26)23(29)21(5)13(25)8-10-19(2,3)17(21)16(30-15(27)9-11-24)18(28)22(23,6)31-20/h7,13,16-18,25,28-29H,1,8-12H2,2-6H3/t13-,16-,17?,18-,20-,21-,22+,23-/m0/s1. The maximum absolute atomic E-state index is 13.6. The Labute approximate surface area is 188 Å². The van der Waals surface area contributed by atoms with Gasteiger partial charge in [0.25, 0.3) is 0 Å². The van der Waals surface area contributed by atoms with Gasteiger partial charge in [-0.1, -0.05) is 26.8 Å². The fraction of sp³-hybridized carbons (Fsp3) is 0.826. The van der Waals surface area contributed by atoms with E-state index in [1.807, 2.05) is 13.8 Å². The highest BCUT2D eigenvalue weighted by molar-refractivity contribution is 6.18. The van der Waals surface area contributed by atoms with Gasteiger partial charge in [-0.3, -0.25) is 9.59 Å². The second-order valence-corrected chi connectivity index (χ2v) is 11.1. The Balaban J connectivity index is 2.27. The third kappa shape index (κ3) is 3.15. The van der Waals surface area contributed by atoms with Gasteiger partial charge in [0, 0.05) is 23.6 Å². The molecule has 1 unspecified atom stereocenters. The van der Waals surface area contributed by atoms with E-state index in [2.05, 4.69) is 6.58 Å². The number of hydrogen-bond donors (Lipinski definition) is 3. The zero-order valence-electron chi connectivity index (χ0n) is 19.0. The summed E-state index contributed by atoms with van der Waals surface area (Å²) in [6, 6.07) is 0. The molecule has 3 aliphatic rings. The van der Waals surface area contributed by atoms with Crippen LogP contribution in [0.2, 0.25) is 0 Å². The van der Waals surface area contributed by atoms with Gasteiger partial charge < -0.3 is 24.8 Å². The van der Waals surface area contributed by atoms with Crippen LogP contribution in [-0.4, -0.2) is 68.1 Å². The summed E-state index contributed by atoms with van der Waals surface area (Å²) >= 11 is 5.71. The topological polar surface area (TPSA) is 113 Å². The summed E-state index contributed by atoms with van der Waals surface area (Å²) in [5.41, 5.74) is -7.19. The highest BCUT2D eigenvalue weighted by Crippen LogP contribution is 2.67. The Morgan fingerprint density at radius 2 is 1.90 bits per heavy atom. The lowest BCUT2D eigenvalue weighted by molar-refractivity contribution is -0.370. The number of hydrogen-bond acceptors (Lipinski definition) is 7. The summed E-state index contributed by atoms with van der Waals surface area (Å²) in [5.74, 6) is -1.78. The van der Waals surface area contributed by atoms with Crippen molar-refractivity contribution in [3.8, 4) is 0 Å². The van der Waals surface area contributed by atoms with E-state index >= 15 is 0 Å². The van der Waals surface area contributed by atoms with Gasteiger partial charge in [-0.25, -0.2) is 0 Å². The molecule has 1 heterocycles. The summed E-state index contributed by atoms with van der Waals surface area (Å²) in [5, 5.41) is 34.9. The molecule has 0 aromatic heterocycles. The molecule has 0 radical (unpaired) electrons. The Hall–Kier alpha value is -0.990. The third-order valence-corrected chi connectivity index (χ3v) is 8.49. The molecule has 3 rings (SSSR count). The molecule has 0 amide bonds. The molecule has 8 heteroatoms. The van der Waals surface area contributed by atoms with Gasteiger partial charge >= 0.3 is 5.97 Å². The maximum atomic E-state index is 13.6. The number of fused-ring (bicyclic) bond motifs is 3. The summed E-state index contributed by atoms with van der Waals surface area (Å²) in [7, 11) is 0. The van der Waals surface area contributed by atoms with Crippen molar-refractivity contribution in [3.05, 3.63) is 12.7 Å². The molecule has 2 aliphatic carbocycles. The summed E-state index contributed by atoms with van der Waals surface area (Å²) in [6.07, 6.45) is -1.54. The molecule has 0 aromatic rings. The molecule has 7 nitrogen and oxygen atoms in total. The van der Waals surface area contributed by atoms with Crippen LogP contribution in [0.3, 0.4) is 0 Å². The number of Topliss-reactive ketones (excluding diaryl/α,β-unsaturated/α-hetero) is 1. The maximum Gasteiger partial charge on any atom is 0.307 e. The zero-order valence-corrected chi connectivity index (χ0v) is 19.7. The molecule has 8 atom stereocenters. The number of aliphatic hydroxyl groups is 3. The minimum Gasteiger partial charge on any atom is -0.459 e. The fourth-order valence-corrected chi connectivity index (χ4v) is 6.85. The molecule has 176 valence electrons. The zero-order chi connectivity index (χ0) is 23.6. The predicted octanol–water partition coefficient (Wildman–Crippen LogP) is 2.13. The highest BCUT2D eigenvalue weighted by Gasteiger charge is 2.81. The van der Waals surface area contributed by atoms with Crippen molar-refractivity contribution >= 4 is 23.4 Å². The molecule has 3 fully saturated rings. The minimum atomic E-state index is -2.21. The van der Waals surface area contributed by atoms with Crippen molar-refractivity contribution in [2.75, 3.05) is 5.88 Å². The fourth-order valence-electron chi connectivity index (χ4n) is 6.69. The van der Waals surface area contributed by atoms with Gasteiger partial charge in [-0.05, 0) is 32.1 Å². The number of carbonyl (C=O) groups is 2. The quantitative estimate of drug-likeness (QED) is 0.336. The van der Waals surface area contributed by atoms with E-state index in [0.717, 1.165) is 0 Å². The number of ketones is 1. The number of ether oxygens (including phenoxy) is 2. The number of carbonyl (C=O) groups excluding carboxylic acids is 2. The molecule has 1 aliphatic heterocycles. The normalized spacial score (nSPS) is 49.0. The van der Waals surface area contributed by atoms with Crippen LogP contribution in [-0.2, 0) is 19.1 Å². The van der Waals surface area contributed by atoms with E-state index in [4.69, 9.17) is 21.1 Å². The van der Waals surface area contributed by atoms with Crippen LogP contribution >= 0.6 is 11.6 Å². The average Bonchev–Trinajstić information content (AvgIpc) is 2.67. The van der Waals surface area contributed by atoms with Crippen LogP contribution < -0.4 is 0 Å². The molecule has 2 saturated carbocycles. The minimum absolute atomic E-state index is 0.0532. The van der Waals surface area contributed by atoms with Crippen molar-refractivity contribution in [1.82, 2.24) is 0 Å². The molecule has 0 spiro atoms. The molecular weight excluding hydrogens is 424 g/mol.